The lowest BCUT2D eigenvalue weighted by Gasteiger charge is -1.98. The van der Waals surface area contributed by atoms with Crippen molar-refractivity contribution in [2.24, 2.45) is 0 Å². The Kier molecular flexibility index (Phi) is 2.86. The van der Waals surface area contributed by atoms with Crippen molar-refractivity contribution in [2.75, 3.05) is 0 Å². The summed E-state index contributed by atoms with van der Waals surface area (Å²) >= 11 is 0. The van der Waals surface area contributed by atoms with Crippen LogP contribution in [-0.2, 0) is 6.42 Å². The largest absolute Gasteiger partial charge is 0.466 e. The second kappa shape index (κ2) is 4.31. The van der Waals surface area contributed by atoms with Crippen molar-refractivity contribution in [3.8, 4) is 0 Å². The third-order valence-corrected chi connectivity index (χ3v) is 2.43. The van der Waals surface area contributed by atoms with Crippen molar-refractivity contribution in [3.63, 3.8) is 0 Å². The first-order valence-corrected chi connectivity index (χ1v) is 5.16. The summed E-state index contributed by atoms with van der Waals surface area (Å²) in [5.41, 5.74) is 1.59. The van der Waals surface area contributed by atoms with E-state index >= 15 is 0 Å². The maximum Gasteiger partial charge on any atom is 0.170 e. The Hall–Kier alpha value is -1.90. The molecule has 0 saturated carbocycles. The number of pyridine rings is 1. The molecular formula is C13H13NO2. The summed E-state index contributed by atoms with van der Waals surface area (Å²) in [5.74, 6) is 1.53. The van der Waals surface area contributed by atoms with Crippen LogP contribution in [0.3, 0.4) is 0 Å². The monoisotopic (exact) mass is 215 g/mol. The van der Waals surface area contributed by atoms with Gasteiger partial charge in [0.1, 0.15) is 11.5 Å². The Morgan fingerprint density at radius 2 is 2.25 bits per heavy atom. The highest BCUT2D eigenvalue weighted by Crippen LogP contribution is 2.16. The summed E-state index contributed by atoms with van der Waals surface area (Å²) in [4.78, 5) is 15.9. The van der Waals surface area contributed by atoms with E-state index in [0.29, 0.717) is 17.7 Å². The van der Waals surface area contributed by atoms with Crippen LogP contribution in [0, 0.1) is 13.8 Å². The number of carbonyl (C=O) groups is 1. The molecule has 2 heterocycles. The summed E-state index contributed by atoms with van der Waals surface area (Å²) in [5, 5.41) is 0. The number of carbonyl (C=O) groups excluding carboxylic acids is 1. The number of aromatic nitrogens is 1. The number of furan rings is 1. The summed E-state index contributed by atoms with van der Waals surface area (Å²) < 4.78 is 5.34. The van der Waals surface area contributed by atoms with Gasteiger partial charge in [-0.2, -0.15) is 0 Å². The van der Waals surface area contributed by atoms with Gasteiger partial charge in [0.25, 0.3) is 0 Å². The van der Waals surface area contributed by atoms with E-state index in [2.05, 4.69) is 4.98 Å². The van der Waals surface area contributed by atoms with E-state index in [4.69, 9.17) is 4.42 Å². The van der Waals surface area contributed by atoms with Gasteiger partial charge in [-0.25, -0.2) is 0 Å². The van der Waals surface area contributed by atoms with Gasteiger partial charge in [0, 0.05) is 18.8 Å². The second-order valence-electron chi connectivity index (χ2n) is 3.79. The van der Waals surface area contributed by atoms with Gasteiger partial charge in [0.05, 0.1) is 5.56 Å². The van der Waals surface area contributed by atoms with Crippen LogP contribution in [0.5, 0.6) is 0 Å². The molecule has 2 aromatic heterocycles. The fourth-order valence-corrected chi connectivity index (χ4v) is 1.69. The maximum atomic E-state index is 12.0. The third kappa shape index (κ3) is 2.19. The first-order valence-electron chi connectivity index (χ1n) is 5.16. The van der Waals surface area contributed by atoms with Gasteiger partial charge in [-0.05, 0) is 31.5 Å². The summed E-state index contributed by atoms with van der Waals surface area (Å²) in [6.07, 6.45) is 3.77. The molecule has 0 aliphatic heterocycles. The molecule has 0 amide bonds. The highest BCUT2D eigenvalue weighted by Gasteiger charge is 2.13. The van der Waals surface area contributed by atoms with Gasteiger partial charge in [-0.1, -0.05) is 6.07 Å². The second-order valence-corrected chi connectivity index (χ2v) is 3.79. The van der Waals surface area contributed by atoms with Crippen LogP contribution in [0.25, 0.3) is 0 Å². The van der Waals surface area contributed by atoms with Crippen LogP contribution < -0.4 is 0 Å². The Balaban J connectivity index is 2.18. The normalized spacial score (nSPS) is 10.4. The summed E-state index contributed by atoms with van der Waals surface area (Å²) in [6.45, 7) is 3.65. The van der Waals surface area contributed by atoms with Crippen LogP contribution >= 0.6 is 0 Å². The number of nitrogens with zero attached hydrogens (tertiary/aromatic N) is 1. The molecule has 2 rings (SSSR count). The molecule has 0 aliphatic carbocycles. The predicted octanol–water partition coefficient (Wildman–Crippen LogP) is 2.72. The fraction of sp³-hybridized carbons (Fsp3) is 0.231. The molecule has 0 bridgehead atoms. The van der Waals surface area contributed by atoms with Crippen molar-refractivity contribution >= 4 is 5.78 Å². The quantitative estimate of drug-likeness (QED) is 0.739. The van der Waals surface area contributed by atoms with E-state index in [1.54, 1.807) is 18.5 Å². The molecule has 0 radical (unpaired) electrons. The van der Waals surface area contributed by atoms with E-state index in [0.717, 1.165) is 11.3 Å². The summed E-state index contributed by atoms with van der Waals surface area (Å²) in [7, 11) is 0. The number of hydrogen-bond acceptors (Lipinski definition) is 3. The lowest BCUT2D eigenvalue weighted by Crippen LogP contribution is -2.03. The molecule has 0 atom stereocenters. The molecule has 2 aromatic rings. The van der Waals surface area contributed by atoms with Gasteiger partial charge < -0.3 is 4.42 Å². The average molecular weight is 215 g/mol. The van der Waals surface area contributed by atoms with Crippen molar-refractivity contribution in [1.82, 2.24) is 4.98 Å². The highest BCUT2D eigenvalue weighted by molar-refractivity contribution is 5.98. The Morgan fingerprint density at radius 1 is 1.44 bits per heavy atom. The topological polar surface area (TPSA) is 43.1 Å². The molecular weight excluding hydrogens is 202 g/mol. The van der Waals surface area contributed by atoms with E-state index in [9.17, 15) is 4.79 Å². The zero-order chi connectivity index (χ0) is 11.5. The van der Waals surface area contributed by atoms with Gasteiger partial charge in [0.2, 0.25) is 0 Å². The van der Waals surface area contributed by atoms with Gasteiger partial charge in [-0.3, -0.25) is 9.78 Å². The van der Waals surface area contributed by atoms with Crippen LogP contribution in [-0.4, -0.2) is 10.8 Å². The van der Waals surface area contributed by atoms with Crippen LogP contribution in [0.2, 0.25) is 0 Å². The SMILES string of the molecule is Cc1cc(C(=O)Cc2cccnc2)c(C)o1. The number of Topliss-reactive ketones (excluding diaryl/α,β-unsaturated/α-hetero) is 1. The fourth-order valence-electron chi connectivity index (χ4n) is 1.69. The first kappa shape index (κ1) is 10.6. The summed E-state index contributed by atoms with van der Waals surface area (Å²) in [6, 6.07) is 5.51. The van der Waals surface area contributed by atoms with Gasteiger partial charge >= 0.3 is 0 Å². The zero-order valence-corrected chi connectivity index (χ0v) is 9.36. The average Bonchev–Trinajstić information content (AvgIpc) is 2.59. The number of rotatable bonds is 3. The first-order chi connectivity index (χ1) is 7.66. The smallest absolute Gasteiger partial charge is 0.170 e. The molecule has 82 valence electrons. The number of hydrogen-bond donors (Lipinski definition) is 0. The van der Waals surface area contributed by atoms with E-state index in [1.165, 1.54) is 0 Å². The standard InChI is InChI=1S/C13H13NO2/c1-9-6-12(10(2)16-9)13(15)7-11-4-3-5-14-8-11/h3-6,8H,7H2,1-2H3. The molecule has 0 saturated heterocycles. The van der Waals surface area contributed by atoms with E-state index < -0.39 is 0 Å². The third-order valence-electron chi connectivity index (χ3n) is 2.43. The lowest BCUT2D eigenvalue weighted by molar-refractivity contribution is 0.0991. The molecule has 0 fully saturated rings. The lowest BCUT2D eigenvalue weighted by atomic mass is 10.1. The number of aryl methyl sites for hydroxylation is 2. The predicted molar refractivity (Wildman–Crippen MR) is 60.5 cm³/mol. The molecule has 3 heteroatoms. The molecule has 3 nitrogen and oxygen atoms in total. The minimum Gasteiger partial charge on any atom is -0.466 e. The Labute approximate surface area is 94.1 Å². The van der Waals surface area contributed by atoms with Gasteiger partial charge in [0.15, 0.2) is 5.78 Å². The molecule has 0 N–H and O–H groups in total. The van der Waals surface area contributed by atoms with Crippen LogP contribution in [0.1, 0.15) is 27.4 Å². The van der Waals surface area contributed by atoms with E-state index in [-0.39, 0.29) is 5.78 Å². The Bertz CT molecular complexity index is 500. The molecule has 0 aliphatic rings. The van der Waals surface area contributed by atoms with Crippen molar-refractivity contribution in [3.05, 3.63) is 53.2 Å². The molecule has 0 spiro atoms. The maximum absolute atomic E-state index is 12.0. The van der Waals surface area contributed by atoms with Gasteiger partial charge in [-0.15, -0.1) is 0 Å². The number of ketones is 1. The highest BCUT2D eigenvalue weighted by atomic mass is 16.3. The molecule has 0 unspecified atom stereocenters. The van der Waals surface area contributed by atoms with E-state index in [1.807, 2.05) is 26.0 Å². The zero-order valence-electron chi connectivity index (χ0n) is 9.36. The minimum atomic E-state index is 0.0716. The van der Waals surface area contributed by atoms with Crippen molar-refractivity contribution in [2.45, 2.75) is 20.3 Å². The minimum absolute atomic E-state index is 0.0716. The van der Waals surface area contributed by atoms with Crippen molar-refractivity contribution in [1.29, 1.82) is 0 Å². The van der Waals surface area contributed by atoms with Crippen molar-refractivity contribution < 1.29 is 9.21 Å². The van der Waals surface area contributed by atoms with Crippen LogP contribution in [0.4, 0.5) is 0 Å². The molecule has 0 aromatic carbocycles. The Morgan fingerprint density at radius 3 is 2.81 bits per heavy atom. The molecule has 16 heavy (non-hydrogen) atoms. The van der Waals surface area contributed by atoms with Crippen LogP contribution in [0.15, 0.2) is 35.0 Å².